The molecule has 2 atom stereocenters. The Bertz CT molecular complexity index is 393. The first-order valence-electron chi connectivity index (χ1n) is 11.3. The third-order valence-corrected chi connectivity index (χ3v) is 5.57. The van der Waals surface area contributed by atoms with Crippen LogP contribution in [0, 0.1) is 0 Å². The summed E-state index contributed by atoms with van der Waals surface area (Å²) >= 11 is 0. The molecule has 0 aliphatic carbocycles. The summed E-state index contributed by atoms with van der Waals surface area (Å²) in [4.78, 5) is 24.2. The lowest BCUT2D eigenvalue weighted by Crippen LogP contribution is -2.33. The Labute approximate surface area is 165 Å². The summed E-state index contributed by atoms with van der Waals surface area (Å²) in [6.45, 7) is 2.57. The van der Waals surface area contributed by atoms with Gasteiger partial charge in [-0.1, -0.05) is 103 Å². The second-order valence-corrected chi connectivity index (χ2v) is 8.02. The van der Waals surface area contributed by atoms with Gasteiger partial charge >= 0.3 is 0 Å². The molecule has 1 aliphatic heterocycles. The second kappa shape index (κ2) is 15.0. The van der Waals surface area contributed by atoms with Gasteiger partial charge in [-0.15, -0.1) is 0 Å². The lowest BCUT2D eigenvalue weighted by molar-refractivity contribution is -0.141. The molecule has 5 heteroatoms. The molecule has 1 heterocycles. The van der Waals surface area contributed by atoms with Crippen LogP contribution >= 0.6 is 0 Å². The van der Waals surface area contributed by atoms with E-state index >= 15 is 0 Å². The van der Waals surface area contributed by atoms with Gasteiger partial charge in [0.1, 0.15) is 0 Å². The molecule has 0 saturated carbocycles. The van der Waals surface area contributed by atoms with Crippen LogP contribution in [0.3, 0.4) is 0 Å². The number of hydrogen-bond acceptors (Lipinski definition) is 4. The maximum Gasteiger partial charge on any atom is 0.261 e. The van der Waals surface area contributed by atoms with Gasteiger partial charge in [0.15, 0.2) is 12.2 Å². The van der Waals surface area contributed by atoms with Gasteiger partial charge in [0.05, 0.1) is 0 Å². The van der Waals surface area contributed by atoms with E-state index in [1.165, 1.54) is 83.5 Å². The van der Waals surface area contributed by atoms with E-state index in [0.29, 0.717) is 6.54 Å². The molecule has 0 aromatic rings. The van der Waals surface area contributed by atoms with E-state index in [2.05, 4.69) is 6.92 Å². The Morgan fingerprint density at radius 2 is 0.889 bits per heavy atom. The molecule has 0 bridgehead atoms. The normalized spacial score (nSPS) is 20.0. The Morgan fingerprint density at radius 3 is 1.22 bits per heavy atom. The van der Waals surface area contributed by atoms with Crippen LogP contribution < -0.4 is 0 Å². The second-order valence-electron chi connectivity index (χ2n) is 8.02. The summed E-state index contributed by atoms with van der Waals surface area (Å²) in [5, 5.41) is 18.8. The molecule has 1 rings (SSSR count). The van der Waals surface area contributed by atoms with Crippen molar-refractivity contribution in [3.8, 4) is 0 Å². The van der Waals surface area contributed by atoms with Crippen molar-refractivity contribution in [1.29, 1.82) is 0 Å². The van der Waals surface area contributed by atoms with Crippen LogP contribution in [0.5, 0.6) is 0 Å². The van der Waals surface area contributed by atoms with Crippen molar-refractivity contribution in [2.75, 3.05) is 6.54 Å². The Morgan fingerprint density at radius 1 is 0.593 bits per heavy atom. The fourth-order valence-corrected chi connectivity index (χ4v) is 3.74. The van der Waals surface area contributed by atoms with Crippen LogP contribution in [-0.4, -0.2) is 45.7 Å². The fourth-order valence-electron chi connectivity index (χ4n) is 3.74. The average Bonchev–Trinajstić information content (AvgIpc) is 2.85. The number of imide groups is 1. The number of hydrogen-bond donors (Lipinski definition) is 2. The summed E-state index contributed by atoms with van der Waals surface area (Å²) < 4.78 is 0. The maximum absolute atomic E-state index is 11.6. The Hall–Kier alpha value is -0.940. The van der Waals surface area contributed by atoms with Crippen molar-refractivity contribution in [1.82, 2.24) is 4.90 Å². The average molecular weight is 384 g/mol. The highest BCUT2D eigenvalue weighted by molar-refractivity contribution is 6.07. The van der Waals surface area contributed by atoms with Gasteiger partial charge in [0.25, 0.3) is 11.8 Å². The minimum absolute atomic E-state index is 0.310. The Kier molecular flexibility index (Phi) is 13.4. The van der Waals surface area contributed by atoms with Crippen LogP contribution in [0.4, 0.5) is 0 Å². The van der Waals surface area contributed by atoms with Crippen molar-refractivity contribution < 1.29 is 19.8 Å². The zero-order valence-electron chi connectivity index (χ0n) is 17.3. The highest BCUT2D eigenvalue weighted by Gasteiger charge is 2.45. The first kappa shape index (κ1) is 24.1. The molecule has 27 heavy (non-hydrogen) atoms. The monoisotopic (exact) mass is 383 g/mol. The molecule has 0 spiro atoms. The number of rotatable bonds is 17. The van der Waals surface area contributed by atoms with Gasteiger partial charge in [-0.05, 0) is 6.42 Å². The summed E-state index contributed by atoms with van der Waals surface area (Å²) in [5.74, 6) is -1.32. The summed E-state index contributed by atoms with van der Waals surface area (Å²) in [6.07, 6.45) is 17.3. The van der Waals surface area contributed by atoms with Crippen LogP contribution in [0.15, 0.2) is 0 Å². The highest BCUT2D eigenvalue weighted by atomic mass is 16.4. The largest absolute Gasteiger partial charge is 0.380 e. The number of carbonyl (C=O) groups is 2. The van der Waals surface area contributed by atoms with E-state index in [0.717, 1.165) is 24.2 Å². The standard InChI is InChI=1S/C22H41NO4/c1-2-3-4-5-6-7-8-9-10-11-12-13-14-15-16-17-18-23-21(26)19(24)20(25)22(23)27/h19-20,24-25H,2-18H2,1H3. The lowest BCUT2D eigenvalue weighted by atomic mass is 10.0. The van der Waals surface area contributed by atoms with E-state index in [1.54, 1.807) is 0 Å². The molecule has 2 N–H and O–H groups in total. The molecule has 0 radical (unpaired) electrons. The third kappa shape index (κ3) is 9.70. The quantitative estimate of drug-likeness (QED) is 0.289. The third-order valence-electron chi connectivity index (χ3n) is 5.57. The fraction of sp³-hybridized carbons (Fsp3) is 0.909. The molecule has 158 valence electrons. The van der Waals surface area contributed by atoms with Crippen molar-refractivity contribution in [2.45, 2.75) is 122 Å². The van der Waals surface area contributed by atoms with Crippen LogP contribution in [0.25, 0.3) is 0 Å². The minimum atomic E-state index is -1.57. The van der Waals surface area contributed by atoms with E-state index < -0.39 is 24.0 Å². The smallest absolute Gasteiger partial charge is 0.261 e. The number of likely N-dealkylation sites (tertiary alicyclic amines) is 1. The number of nitrogens with zero attached hydrogens (tertiary/aromatic N) is 1. The predicted octanol–water partition coefficient (Wildman–Crippen LogP) is 4.34. The lowest BCUT2D eigenvalue weighted by Gasteiger charge is -2.13. The molecular formula is C22H41NO4. The van der Waals surface area contributed by atoms with Gasteiger partial charge in [-0.25, -0.2) is 0 Å². The molecule has 1 aliphatic rings. The molecule has 0 aromatic carbocycles. The van der Waals surface area contributed by atoms with Gasteiger partial charge in [-0.3, -0.25) is 14.5 Å². The summed E-state index contributed by atoms with van der Waals surface area (Å²) in [5.41, 5.74) is 0. The molecule has 1 fully saturated rings. The van der Waals surface area contributed by atoms with Crippen LogP contribution in [0.2, 0.25) is 0 Å². The molecular weight excluding hydrogens is 342 g/mol. The zero-order chi connectivity index (χ0) is 19.9. The SMILES string of the molecule is CCCCCCCCCCCCCCCCCCN1C(=O)C(O)C(O)C1=O. The first-order valence-corrected chi connectivity index (χ1v) is 11.3. The predicted molar refractivity (Wildman–Crippen MR) is 108 cm³/mol. The van der Waals surface area contributed by atoms with Gasteiger partial charge in [0.2, 0.25) is 0 Å². The molecule has 0 aromatic heterocycles. The maximum atomic E-state index is 11.6. The van der Waals surface area contributed by atoms with Crippen LogP contribution in [-0.2, 0) is 9.59 Å². The summed E-state index contributed by atoms with van der Waals surface area (Å²) in [7, 11) is 0. The molecule has 2 unspecified atom stereocenters. The van der Waals surface area contributed by atoms with Crippen molar-refractivity contribution >= 4 is 11.8 Å². The van der Waals surface area contributed by atoms with Gasteiger partial charge in [-0.2, -0.15) is 0 Å². The number of aliphatic hydroxyl groups is 2. The van der Waals surface area contributed by atoms with Crippen molar-refractivity contribution in [3.05, 3.63) is 0 Å². The molecule has 5 nitrogen and oxygen atoms in total. The first-order chi connectivity index (χ1) is 13.1. The van der Waals surface area contributed by atoms with Gasteiger partial charge < -0.3 is 10.2 Å². The highest BCUT2D eigenvalue weighted by Crippen LogP contribution is 2.16. The Balaban J connectivity index is 1.82. The minimum Gasteiger partial charge on any atom is -0.380 e. The summed E-state index contributed by atoms with van der Waals surface area (Å²) in [6, 6.07) is 0. The van der Waals surface area contributed by atoms with E-state index in [-0.39, 0.29) is 0 Å². The molecule has 2 amide bonds. The topological polar surface area (TPSA) is 77.8 Å². The van der Waals surface area contributed by atoms with E-state index in [1.807, 2.05) is 0 Å². The van der Waals surface area contributed by atoms with Gasteiger partial charge in [0, 0.05) is 6.54 Å². The molecule has 1 saturated heterocycles. The van der Waals surface area contributed by atoms with E-state index in [9.17, 15) is 19.8 Å². The number of amides is 2. The van der Waals surface area contributed by atoms with Crippen molar-refractivity contribution in [3.63, 3.8) is 0 Å². The van der Waals surface area contributed by atoms with Crippen LogP contribution in [0.1, 0.15) is 110 Å². The number of carbonyl (C=O) groups excluding carboxylic acids is 2. The number of unbranched alkanes of at least 4 members (excludes halogenated alkanes) is 15. The van der Waals surface area contributed by atoms with Crippen molar-refractivity contribution in [2.24, 2.45) is 0 Å². The number of aliphatic hydroxyl groups excluding tert-OH is 2. The zero-order valence-corrected chi connectivity index (χ0v) is 17.3. The van der Waals surface area contributed by atoms with E-state index in [4.69, 9.17) is 0 Å².